The molecule has 1 rings (SSSR count). The summed E-state index contributed by atoms with van der Waals surface area (Å²) in [5, 5.41) is 11.1. The molecule has 0 aromatic heterocycles. The van der Waals surface area contributed by atoms with Crippen molar-refractivity contribution in [1.82, 2.24) is 0 Å². The molecule has 98 valence electrons. The Balaban J connectivity index is 2.86. The third-order valence-corrected chi connectivity index (χ3v) is 2.89. The van der Waals surface area contributed by atoms with E-state index in [1.165, 1.54) is 12.1 Å². The number of carbonyl (C=O) groups is 2. The molecule has 1 unspecified atom stereocenters. The molecule has 0 spiro atoms. The van der Waals surface area contributed by atoms with Crippen molar-refractivity contribution < 1.29 is 19.1 Å². The fourth-order valence-corrected chi connectivity index (χ4v) is 1.30. The number of halogens is 1. The molecule has 0 heterocycles. The van der Waals surface area contributed by atoms with Crippen LogP contribution >= 0.6 is 0 Å². The summed E-state index contributed by atoms with van der Waals surface area (Å²) in [6.07, 6.45) is 0. The van der Waals surface area contributed by atoms with E-state index >= 15 is 0 Å². The lowest BCUT2D eigenvalue weighted by atomic mass is 9.97. The lowest BCUT2D eigenvalue weighted by Crippen LogP contribution is -2.24. The largest absolute Gasteiger partial charge is 0.478 e. The van der Waals surface area contributed by atoms with E-state index in [4.69, 9.17) is 5.11 Å². The minimum atomic E-state index is -1.21. The predicted octanol–water partition coefficient (Wildman–Crippen LogP) is 2.75. The first kappa shape index (κ1) is 14.2. The van der Waals surface area contributed by atoms with Crippen molar-refractivity contribution in [2.75, 3.05) is 5.32 Å². The molecule has 0 radical (unpaired) electrons. The third-order valence-electron chi connectivity index (χ3n) is 2.89. The maximum Gasteiger partial charge on any atom is 0.335 e. The Kier molecular flexibility index (Phi) is 4.42. The van der Waals surface area contributed by atoms with Crippen LogP contribution in [-0.2, 0) is 4.79 Å². The standard InChI is InChI=1S/C13H16FNO3/c1-7(2)8(3)12(16)15-11-5-4-9(13(17)18)6-10(11)14/h4-8H,1-3H3,(H,15,16)(H,17,18). The highest BCUT2D eigenvalue weighted by Gasteiger charge is 2.18. The average Bonchev–Trinajstić information content (AvgIpc) is 2.30. The Bertz CT molecular complexity index is 471. The third kappa shape index (κ3) is 3.29. The molecule has 1 atom stereocenters. The predicted molar refractivity (Wildman–Crippen MR) is 66.0 cm³/mol. The second-order valence-electron chi connectivity index (χ2n) is 4.52. The van der Waals surface area contributed by atoms with E-state index in [-0.39, 0.29) is 29.0 Å². The zero-order valence-corrected chi connectivity index (χ0v) is 10.5. The van der Waals surface area contributed by atoms with Crippen LogP contribution in [0.4, 0.5) is 10.1 Å². The van der Waals surface area contributed by atoms with Crippen molar-refractivity contribution >= 4 is 17.6 Å². The summed E-state index contributed by atoms with van der Waals surface area (Å²) < 4.78 is 13.6. The lowest BCUT2D eigenvalue weighted by Gasteiger charge is -2.15. The van der Waals surface area contributed by atoms with Crippen molar-refractivity contribution in [2.45, 2.75) is 20.8 Å². The summed E-state index contributed by atoms with van der Waals surface area (Å²) in [5.74, 6) is -2.34. The average molecular weight is 253 g/mol. The highest BCUT2D eigenvalue weighted by molar-refractivity contribution is 5.93. The van der Waals surface area contributed by atoms with Gasteiger partial charge in [0, 0.05) is 5.92 Å². The molecule has 1 aromatic rings. The first-order chi connectivity index (χ1) is 8.32. The molecule has 0 aliphatic rings. The van der Waals surface area contributed by atoms with Gasteiger partial charge in [-0.2, -0.15) is 0 Å². The van der Waals surface area contributed by atoms with Crippen molar-refractivity contribution in [1.29, 1.82) is 0 Å². The number of hydrogen-bond acceptors (Lipinski definition) is 2. The number of amides is 1. The molecule has 2 N–H and O–H groups in total. The Morgan fingerprint density at radius 3 is 2.33 bits per heavy atom. The van der Waals surface area contributed by atoms with Crippen molar-refractivity contribution in [3.63, 3.8) is 0 Å². The molecule has 0 bridgehead atoms. The summed E-state index contributed by atoms with van der Waals surface area (Å²) in [5.41, 5.74) is -0.153. The molecule has 1 aromatic carbocycles. The number of carbonyl (C=O) groups excluding carboxylic acids is 1. The van der Waals surface area contributed by atoms with Gasteiger partial charge in [-0.05, 0) is 24.1 Å². The van der Waals surface area contributed by atoms with E-state index in [1.807, 2.05) is 13.8 Å². The van der Waals surface area contributed by atoms with E-state index in [0.717, 1.165) is 6.07 Å². The van der Waals surface area contributed by atoms with Crippen LogP contribution in [0, 0.1) is 17.7 Å². The highest BCUT2D eigenvalue weighted by atomic mass is 19.1. The molecule has 0 saturated heterocycles. The first-order valence-corrected chi connectivity index (χ1v) is 5.66. The zero-order valence-electron chi connectivity index (χ0n) is 10.5. The maximum absolute atomic E-state index is 13.6. The van der Waals surface area contributed by atoms with Crippen LogP contribution in [0.15, 0.2) is 18.2 Å². The molecule has 0 aliphatic carbocycles. The number of carboxylic acid groups (broad SMARTS) is 1. The number of carboxylic acids is 1. The van der Waals surface area contributed by atoms with E-state index in [2.05, 4.69) is 5.32 Å². The SMILES string of the molecule is CC(C)C(C)C(=O)Nc1ccc(C(=O)O)cc1F. The number of anilines is 1. The highest BCUT2D eigenvalue weighted by Crippen LogP contribution is 2.18. The van der Waals surface area contributed by atoms with Gasteiger partial charge < -0.3 is 10.4 Å². The number of nitrogens with one attached hydrogen (secondary N) is 1. The summed E-state index contributed by atoms with van der Waals surface area (Å²) in [6, 6.07) is 3.39. The number of benzene rings is 1. The quantitative estimate of drug-likeness (QED) is 0.867. The van der Waals surface area contributed by atoms with Gasteiger partial charge in [0.2, 0.25) is 5.91 Å². The van der Waals surface area contributed by atoms with Crippen molar-refractivity contribution in [2.24, 2.45) is 11.8 Å². The van der Waals surface area contributed by atoms with Crippen LogP contribution < -0.4 is 5.32 Å². The van der Waals surface area contributed by atoms with E-state index in [1.54, 1.807) is 6.92 Å². The number of rotatable bonds is 4. The fraction of sp³-hybridized carbons (Fsp3) is 0.385. The molecule has 0 fully saturated rings. The Morgan fingerprint density at radius 1 is 1.28 bits per heavy atom. The normalized spacial score (nSPS) is 12.3. The van der Waals surface area contributed by atoms with Gasteiger partial charge >= 0.3 is 5.97 Å². The van der Waals surface area contributed by atoms with Gasteiger partial charge in [-0.1, -0.05) is 20.8 Å². The molecule has 1 amide bonds. The van der Waals surface area contributed by atoms with E-state index in [9.17, 15) is 14.0 Å². The summed E-state index contributed by atoms with van der Waals surface area (Å²) in [4.78, 5) is 22.4. The molecule has 0 saturated carbocycles. The molecule has 5 heteroatoms. The minimum absolute atomic E-state index is 0.00231. The molecule has 0 aliphatic heterocycles. The molecular weight excluding hydrogens is 237 g/mol. The lowest BCUT2D eigenvalue weighted by molar-refractivity contribution is -0.120. The van der Waals surface area contributed by atoms with Crippen LogP contribution in [0.2, 0.25) is 0 Å². The van der Waals surface area contributed by atoms with Gasteiger partial charge in [-0.25, -0.2) is 9.18 Å². The Labute approximate surface area is 105 Å². The van der Waals surface area contributed by atoms with Crippen molar-refractivity contribution in [3.05, 3.63) is 29.6 Å². The summed E-state index contributed by atoms with van der Waals surface area (Å²) in [7, 11) is 0. The van der Waals surface area contributed by atoms with Gasteiger partial charge in [0.15, 0.2) is 0 Å². The van der Waals surface area contributed by atoms with Gasteiger partial charge in [-0.3, -0.25) is 4.79 Å². The van der Waals surface area contributed by atoms with Gasteiger partial charge in [0.25, 0.3) is 0 Å². The van der Waals surface area contributed by atoms with Crippen LogP contribution in [0.1, 0.15) is 31.1 Å². The van der Waals surface area contributed by atoms with E-state index < -0.39 is 11.8 Å². The van der Waals surface area contributed by atoms with Crippen molar-refractivity contribution in [3.8, 4) is 0 Å². The summed E-state index contributed by atoms with van der Waals surface area (Å²) in [6.45, 7) is 5.55. The molecule has 4 nitrogen and oxygen atoms in total. The maximum atomic E-state index is 13.6. The second kappa shape index (κ2) is 5.62. The van der Waals surface area contributed by atoms with Crippen LogP contribution in [-0.4, -0.2) is 17.0 Å². The molecule has 18 heavy (non-hydrogen) atoms. The number of hydrogen-bond donors (Lipinski definition) is 2. The van der Waals surface area contributed by atoms with Gasteiger partial charge in [-0.15, -0.1) is 0 Å². The smallest absolute Gasteiger partial charge is 0.335 e. The summed E-state index contributed by atoms with van der Waals surface area (Å²) >= 11 is 0. The second-order valence-corrected chi connectivity index (χ2v) is 4.52. The van der Waals surface area contributed by atoms with Gasteiger partial charge in [0.05, 0.1) is 11.3 Å². The van der Waals surface area contributed by atoms with Crippen LogP contribution in [0.3, 0.4) is 0 Å². The Morgan fingerprint density at radius 2 is 1.89 bits per heavy atom. The minimum Gasteiger partial charge on any atom is -0.478 e. The Hall–Kier alpha value is -1.91. The topological polar surface area (TPSA) is 66.4 Å². The van der Waals surface area contributed by atoms with Crippen LogP contribution in [0.25, 0.3) is 0 Å². The fourth-order valence-electron chi connectivity index (χ4n) is 1.30. The van der Waals surface area contributed by atoms with Gasteiger partial charge in [0.1, 0.15) is 5.82 Å². The first-order valence-electron chi connectivity index (χ1n) is 5.66. The molecular formula is C13H16FNO3. The zero-order chi connectivity index (χ0) is 13.9. The number of aromatic carboxylic acids is 1. The van der Waals surface area contributed by atoms with E-state index in [0.29, 0.717) is 0 Å². The monoisotopic (exact) mass is 253 g/mol. The van der Waals surface area contributed by atoms with Crippen LogP contribution in [0.5, 0.6) is 0 Å².